The number of hydrogen-bond acceptors (Lipinski definition) is 2. The van der Waals surface area contributed by atoms with E-state index < -0.39 is 5.60 Å². The normalized spacial score (nSPS) is 12.4. The van der Waals surface area contributed by atoms with E-state index in [1.807, 2.05) is 0 Å². The topological polar surface area (TPSA) is 23.5 Å². The lowest BCUT2D eigenvalue weighted by atomic mass is 9.96. The summed E-state index contributed by atoms with van der Waals surface area (Å²) in [7, 11) is 0. The average Bonchev–Trinajstić information content (AvgIpc) is 2.18. The van der Waals surface area contributed by atoms with E-state index in [0.717, 1.165) is 32.5 Å². The second kappa shape index (κ2) is 7.24. The van der Waals surface area contributed by atoms with Crippen LogP contribution in [0.4, 0.5) is 0 Å². The van der Waals surface area contributed by atoms with Crippen molar-refractivity contribution in [1.29, 1.82) is 0 Å². The first-order chi connectivity index (χ1) is 6.61. The fourth-order valence-electron chi connectivity index (χ4n) is 1.79. The maximum Gasteiger partial charge on any atom is 0.0768 e. The van der Waals surface area contributed by atoms with Crippen LogP contribution in [0.1, 0.15) is 53.4 Å². The largest absolute Gasteiger partial charge is 0.389 e. The van der Waals surface area contributed by atoms with Crippen LogP contribution in [-0.4, -0.2) is 35.2 Å². The van der Waals surface area contributed by atoms with Gasteiger partial charge in [-0.1, -0.05) is 27.7 Å². The minimum absolute atomic E-state index is 0.468. The molecule has 0 aliphatic rings. The van der Waals surface area contributed by atoms with Gasteiger partial charge < -0.3 is 10.0 Å². The molecular formula is C12H27NO. The maximum atomic E-state index is 10.2. The summed E-state index contributed by atoms with van der Waals surface area (Å²) < 4.78 is 0. The molecule has 2 heteroatoms. The molecule has 2 nitrogen and oxygen atoms in total. The standard InChI is InChI=1S/C12H27NO/c1-5-9-13(10-6-2)11-12(14,7-3)8-4/h14H,5-11H2,1-4H3. The Labute approximate surface area is 89.3 Å². The molecule has 0 unspecified atom stereocenters. The van der Waals surface area contributed by atoms with Crippen molar-refractivity contribution in [2.75, 3.05) is 19.6 Å². The molecule has 0 spiro atoms. The van der Waals surface area contributed by atoms with E-state index in [2.05, 4.69) is 32.6 Å². The molecule has 0 saturated carbocycles. The molecule has 0 aromatic carbocycles. The summed E-state index contributed by atoms with van der Waals surface area (Å²) in [5.74, 6) is 0. The predicted octanol–water partition coefficient (Wildman–Crippen LogP) is 2.66. The van der Waals surface area contributed by atoms with Crippen LogP contribution in [0, 0.1) is 0 Å². The Morgan fingerprint density at radius 2 is 1.36 bits per heavy atom. The van der Waals surface area contributed by atoms with Crippen molar-refractivity contribution < 1.29 is 5.11 Å². The van der Waals surface area contributed by atoms with Gasteiger partial charge in [-0.3, -0.25) is 0 Å². The van der Waals surface area contributed by atoms with E-state index >= 15 is 0 Å². The summed E-state index contributed by atoms with van der Waals surface area (Å²) in [4.78, 5) is 2.38. The second-order valence-corrected chi connectivity index (χ2v) is 4.21. The molecule has 0 radical (unpaired) electrons. The Kier molecular flexibility index (Phi) is 7.20. The summed E-state index contributed by atoms with van der Waals surface area (Å²) >= 11 is 0. The van der Waals surface area contributed by atoms with E-state index in [4.69, 9.17) is 0 Å². The van der Waals surface area contributed by atoms with Crippen molar-refractivity contribution in [2.24, 2.45) is 0 Å². The summed E-state index contributed by atoms with van der Waals surface area (Å²) in [6.45, 7) is 11.6. The van der Waals surface area contributed by atoms with Gasteiger partial charge in [0, 0.05) is 6.54 Å². The molecule has 0 aliphatic heterocycles. The molecule has 0 atom stereocenters. The van der Waals surface area contributed by atoms with Crippen LogP contribution in [0.2, 0.25) is 0 Å². The van der Waals surface area contributed by atoms with Gasteiger partial charge in [0.15, 0.2) is 0 Å². The molecule has 86 valence electrons. The summed E-state index contributed by atoms with van der Waals surface area (Å²) in [6, 6.07) is 0. The summed E-state index contributed by atoms with van der Waals surface area (Å²) in [5.41, 5.74) is -0.468. The highest BCUT2D eigenvalue weighted by molar-refractivity contribution is 4.79. The molecule has 0 rings (SSSR count). The van der Waals surface area contributed by atoms with Crippen LogP contribution in [0.3, 0.4) is 0 Å². The molecule has 0 aliphatic carbocycles. The van der Waals surface area contributed by atoms with Crippen LogP contribution < -0.4 is 0 Å². The van der Waals surface area contributed by atoms with E-state index in [-0.39, 0.29) is 0 Å². The fraction of sp³-hybridized carbons (Fsp3) is 1.00. The third-order valence-electron chi connectivity index (χ3n) is 2.91. The molecular weight excluding hydrogens is 174 g/mol. The molecule has 0 bridgehead atoms. The quantitative estimate of drug-likeness (QED) is 0.652. The SMILES string of the molecule is CCCN(CCC)CC(O)(CC)CC. The first-order valence-corrected chi connectivity index (χ1v) is 6.06. The Balaban J connectivity index is 4.10. The Hall–Kier alpha value is -0.0800. The molecule has 0 saturated heterocycles. The van der Waals surface area contributed by atoms with Crippen molar-refractivity contribution in [1.82, 2.24) is 4.90 Å². The van der Waals surface area contributed by atoms with Gasteiger partial charge in [-0.15, -0.1) is 0 Å². The van der Waals surface area contributed by atoms with Crippen molar-refractivity contribution in [3.63, 3.8) is 0 Å². The third-order valence-corrected chi connectivity index (χ3v) is 2.91. The maximum absolute atomic E-state index is 10.2. The van der Waals surface area contributed by atoms with Gasteiger partial charge in [0.2, 0.25) is 0 Å². The van der Waals surface area contributed by atoms with Crippen LogP contribution >= 0.6 is 0 Å². The molecule has 0 amide bonds. The van der Waals surface area contributed by atoms with Gasteiger partial charge >= 0.3 is 0 Å². The lowest BCUT2D eigenvalue weighted by molar-refractivity contribution is -0.00335. The Bertz CT molecular complexity index is 126. The van der Waals surface area contributed by atoms with Crippen molar-refractivity contribution in [2.45, 2.75) is 59.0 Å². The zero-order chi connectivity index (χ0) is 11.0. The van der Waals surface area contributed by atoms with Gasteiger partial charge in [-0.25, -0.2) is 0 Å². The van der Waals surface area contributed by atoms with E-state index in [1.54, 1.807) is 0 Å². The Morgan fingerprint density at radius 3 is 1.64 bits per heavy atom. The summed E-state index contributed by atoms with van der Waals surface area (Å²) in [6.07, 6.45) is 4.05. The van der Waals surface area contributed by atoms with E-state index in [0.29, 0.717) is 0 Å². The van der Waals surface area contributed by atoms with Crippen LogP contribution in [0.25, 0.3) is 0 Å². The van der Waals surface area contributed by atoms with Crippen molar-refractivity contribution in [3.8, 4) is 0 Å². The number of nitrogens with zero attached hydrogens (tertiary/aromatic N) is 1. The van der Waals surface area contributed by atoms with Crippen molar-refractivity contribution >= 4 is 0 Å². The van der Waals surface area contributed by atoms with Gasteiger partial charge in [0.05, 0.1) is 5.60 Å². The first kappa shape index (κ1) is 13.9. The van der Waals surface area contributed by atoms with Gasteiger partial charge in [0.25, 0.3) is 0 Å². The smallest absolute Gasteiger partial charge is 0.0768 e. The molecule has 1 N–H and O–H groups in total. The number of rotatable bonds is 8. The van der Waals surface area contributed by atoms with Crippen molar-refractivity contribution in [3.05, 3.63) is 0 Å². The van der Waals surface area contributed by atoms with Gasteiger partial charge in [-0.05, 0) is 38.8 Å². The minimum Gasteiger partial charge on any atom is -0.389 e. The third kappa shape index (κ3) is 4.97. The monoisotopic (exact) mass is 201 g/mol. The lowest BCUT2D eigenvalue weighted by Gasteiger charge is -2.32. The number of hydrogen-bond donors (Lipinski definition) is 1. The molecule has 0 aromatic heterocycles. The highest BCUT2D eigenvalue weighted by Crippen LogP contribution is 2.16. The van der Waals surface area contributed by atoms with Crippen LogP contribution in [-0.2, 0) is 0 Å². The average molecular weight is 201 g/mol. The van der Waals surface area contributed by atoms with Gasteiger partial charge in [0.1, 0.15) is 0 Å². The molecule has 14 heavy (non-hydrogen) atoms. The predicted molar refractivity (Wildman–Crippen MR) is 62.6 cm³/mol. The molecule has 0 heterocycles. The van der Waals surface area contributed by atoms with Crippen LogP contribution in [0.5, 0.6) is 0 Å². The molecule has 0 aromatic rings. The highest BCUT2D eigenvalue weighted by Gasteiger charge is 2.24. The Morgan fingerprint density at radius 1 is 0.929 bits per heavy atom. The lowest BCUT2D eigenvalue weighted by Crippen LogP contribution is -2.42. The zero-order valence-electron chi connectivity index (χ0n) is 10.3. The summed E-state index contributed by atoms with van der Waals surface area (Å²) in [5, 5.41) is 10.2. The van der Waals surface area contributed by atoms with Gasteiger partial charge in [-0.2, -0.15) is 0 Å². The fourth-order valence-corrected chi connectivity index (χ4v) is 1.79. The molecule has 0 fully saturated rings. The van der Waals surface area contributed by atoms with Crippen LogP contribution in [0.15, 0.2) is 0 Å². The van der Waals surface area contributed by atoms with E-state index in [1.165, 1.54) is 12.8 Å². The minimum atomic E-state index is -0.468. The van der Waals surface area contributed by atoms with E-state index in [9.17, 15) is 5.11 Å². The highest BCUT2D eigenvalue weighted by atomic mass is 16.3. The number of aliphatic hydroxyl groups is 1. The zero-order valence-corrected chi connectivity index (χ0v) is 10.3. The second-order valence-electron chi connectivity index (χ2n) is 4.21. The first-order valence-electron chi connectivity index (χ1n) is 6.06.